The Hall–Kier alpha value is -1.80. The van der Waals surface area contributed by atoms with Gasteiger partial charge < -0.3 is 19.8 Å². The summed E-state index contributed by atoms with van der Waals surface area (Å²) in [5, 5.41) is 14.0. The van der Waals surface area contributed by atoms with Gasteiger partial charge in [0.2, 0.25) is 5.91 Å². The molecule has 0 spiro atoms. The van der Waals surface area contributed by atoms with Gasteiger partial charge in [0.1, 0.15) is 13.2 Å². The molecule has 0 fully saturated rings. The lowest BCUT2D eigenvalue weighted by Gasteiger charge is -2.25. The Morgan fingerprint density at radius 3 is 1.02 bits per heavy atom. The van der Waals surface area contributed by atoms with Gasteiger partial charge in [0.15, 0.2) is 0 Å². The molecule has 1 amide bonds. The Balaban J connectivity index is 3.99. The predicted molar refractivity (Wildman–Crippen MR) is 378 cm³/mol. The zero-order chi connectivity index (χ0) is 62.6. The first-order valence-corrected chi connectivity index (χ1v) is 39.2. The highest BCUT2D eigenvalue weighted by atomic mass is 31.2. The van der Waals surface area contributed by atoms with Crippen LogP contribution in [0.2, 0.25) is 0 Å². The maximum absolute atomic E-state index is 13.1. The first kappa shape index (κ1) is 84.2. The molecule has 3 N–H and O–H groups in total. The largest absolute Gasteiger partial charge is 0.472 e. The molecule has 506 valence electrons. The smallest absolute Gasteiger partial charge is 0.387 e. The van der Waals surface area contributed by atoms with Crippen LogP contribution >= 0.6 is 7.82 Å². The van der Waals surface area contributed by atoms with Gasteiger partial charge in [0, 0.05) is 6.42 Å². The zero-order valence-corrected chi connectivity index (χ0v) is 59.0. The molecular weight excluding hydrogens is 1080 g/mol. The summed E-state index contributed by atoms with van der Waals surface area (Å²) in [7, 11) is 1.59. The Morgan fingerprint density at radius 2 is 0.698 bits per heavy atom. The van der Waals surface area contributed by atoms with Crippen LogP contribution in [0.5, 0.6) is 0 Å². The molecule has 3 atom stereocenters. The average molecular weight is 1230 g/mol. The van der Waals surface area contributed by atoms with Crippen molar-refractivity contribution < 1.29 is 32.9 Å². The molecule has 0 saturated heterocycles. The highest BCUT2D eigenvalue weighted by Gasteiger charge is 2.28. The van der Waals surface area contributed by atoms with Gasteiger partial charge in [-0.05, 0) is 57.8 Å². The molecule has 8 nitrogen and oxygen atoms in total. The van der Waals surface area contributed by atoms with Crippen molar-refractivity contribution >= 4 is 13.7 Å². The summed E-state index contributed by atoms with van der Waals surface area (Å²) in [4.78, 5) is 23.5. The van der Waals surface area contributed by atoms with E-state index in [0.717, 1.165) is 57.8 Å². The van der Waals surface area contributed by atoms with Crippen LogP contribution in [0, 0.1) is 0 Å². The number of quaternary nitrogens is 1. The summed E-state index contributed by atoms with van der Waals surface area (Å²) in [5.41, 5.74) is 0. The van der Waals surface area contributed by atoms with Crippen LogP contribution in [0.3, 0.4) is 0 Å². The fourth-order valence-corrected chi connectivity index (χ4v) is 12.2. The molecule has 0 aliphatic heterocycles. The SMILES string of the molecule is CC/C=C\C/C=C\C/C=C\C/C=C\CCCCCCCCCCCCCCCCCCCCCCCCC(=O)NC(COP(=O)(O)OCC[N+](C)(C)C)C(O)/C=C/CCCCCCCCCCCCCCCCCCCCCCCCCCCCC. The molecule has 0 aromatic rings. The van der Waals surface area contributed by atoms with Gasteiger partial charge in [-0.15, -0.1) is 0 Å². The van der Waals surface area contributed by atoms with E-state index >= 15 is 0 Å². The van der Waals surface area contributed by atoms with Gasteiger partial charge in [-0.1, -0.05) is 370 Å². The number of allylic oxidation sites excluding steroid dienone is 9. The number of phosphoric ester groups is 1. The minimum Gasteiger partial charge on any atom is -0.387 e. The molecule has 0 saturated carbocycles. The molecule has 3 unspecified atom stereocenters. The maximum atomic E-state index is 13.1. The molecular formula is C77H148N2O6P+. The highest BCUT2D eigenvalue weighted by molar-refractivity contribution is 7.47. The van der Waals surface area contributed by atoms with Gasteiger partial charge in [-0.25, -0.2) is 4.57 Å². The van der Waals surface area contributed by atoms with E-state index in [1.807, 2.05) is 27.2 Å². The lowest BCUT2D eigenvalue weighted by atomic mass is 10.0. The zero-order valence-electron chi connectivity index (χ0n) is 58.1. The van der Waals surface area contributed by atoms with Crippen LogP contribution in [0.15, 0.2) is 60.8 Å². The van der Waals surface area contributed by atoms with Crippen molar-refractivity contribution in [1.82, 2.24) is 5.32 Å². The topological polar surface area (TPSA) is 105 Å². The van der Waals surface area contributed by atoms with E-state index in [0.29, 0.717) is 17.4 Å². The van der Waals surface area contributed by atoms with Crippen molar-refractivity contribution in [2.24, 2.45) is 0 Å². The van der Waals surface area contributed by atoms with Crippen molar-refractivity contribution in [2.75, 3.05) is 40.9 Å². The van der Waals surface area contributed by atoms with E-state index < -0.39 is 20.0 Å². The number of unbranched alkanes of at least 4 members (excludes halogenated alkanes) is 49. The molecule has 0 aliphatic carbocycles. The predicted octanol–water partition coefficient (Wildman–Crippen LogP) is 24.3. The number of rotatable bonds is 70. The number of amides is 1. The molecule has 0 aromatic heterocycles. The third kappa shape index (κ3) is 69.7. The van der Waals surface area contributed by atoms with E-state index in [1.54, 1.807) is 6.08 Å². The number of aliphatic hydroxyl groups is 1. The Labute approximate surface area is 536 Å². The molecule has 9 heteroatoms. The minimum atomic E-state index is -4.36. The second-order valence-electron chi connectivity index (χ2n) is 27.0. The van der Waals surface area contributed by atoms with Crippen molar-refractivity contribution in [1.29, 1.82) is 0 Å². The Morgan fingerprint density at radius 1 is 0.407 bits per heavy atom. The number of aliphatic hydroxyl groups excluding tert-OH is 1. The number of likely N-dealkylation sites (N-methyl/N-ethyl adjacent to an activating group) is 1. The second-order valence-corrected chi connectivity index (χ2v) is 28.5. The van der Waals surface area contributed by atoms with E-state index in [2.05, 4.69) is 67.8 Å². The summed E-state index contributed by atoms with van der Waals surface area (Å²) in [6, 6.07) is -0.848. The van der Waals surface area contributed by atoms with Crippen LogP contribution in [-0.2, 0) is 18.4 Å². The summed E-state index contributed by atoms with van der Waals surface area (Å²) in [6.07, 6.45) is 93.9. The first-order chi connectivity index (χ1) is 42.0. The number of nitrogens with zero attached hydrogens (tertiary/aromatic N) is 1. The highest BCUT2D eigenvalue weighted by Crippen LogP contribution is 2.43. The van der Waals surface area contributed by atoms with E-state index in [4.69, 9.17) is 9.05 Å². The van der Waals surface area contributed by atoms with Gasteiger partial charge in [0.05, 0.1) is 39.9 Å². The molecule has 0 aliphatic rings. The van der Waals surface area contributed by atoms with Gasteiger partial charge in [-0.3, -0.25) is 13.8 Å². The van der Waals surface area contributed by atoms with Gasteiger partial charge in [-0.2, -0.15) is 0 Å². The first-order valence-electron chi connectivity index (χ1n) is 37.7. The number of hydrogen-bond acceptors (Lipinski definition) is 5. The third-order valence-corrected chi connectivity index (χ3v) is 18.2. The fraction of sp³-hybridized carbons (Fsp3) is 0.857. The van der Waals surface area contributed by atoms with Crippen LogP contribution in [0.1, 0.15) is 373 Å². The van der Waals surface area contributed by atoms with Crippen LogP contribution in [0.4, 0.5) is 0 Å². The third-order valence-electron chi connectivity index (χ3n) is 17.2. The number of carbonyl (C=O) groups excluding carboxylic acids is 1. The average Bonchev–Trinajstić information content (AvgIpc) is 3.70. The van der Waals surface area contributed by atoms with E-state index in [-0.39, 0.29) is 19.1 Å². The molecule has 86 heavy (non-hydrogen) atoms. The standard InChI is InChI=1S/C77H147N2O6P/c1-6-8-10-12-14-16-18-20-22-24-26-28-30-32-34-36-37-38-39-40-41-43-45-47-49-51-53-55-57-59-61-63-65-67-69-71-77(81)78-75(74-85-86(82,83)84-73-72-79(3,4)5)76(80)70-68-66-64-62-60-58-56-54-52-50-48-46-44-42-35-33-31-29-27-25-23-21-19-17-15-13-11-9-7-2/h8,10,14,16,20,22,26,28,68,70,75-76,80H,6-7,9,11-13,15,17-19,21,23-25,27,29-67,69,71-74H2,1-5H3,(H-,78,81,82,83)/p+1/b10-8-,16-14-,22-20-,28-26-,70-68+. The lowest BCUT2D eigenvalue weighted by molar-refractivity contribution is -0.870. The van der Waals surface area contributed by atoms with Gasteiger partial charge >= 0.3 is 7.82 Å². The number of carbonyl (C=O) groups is 1. The lowest BCUT2D eigenvalue weighted by Crippen LogP contribution is -2.45. The van der Waals surface area contributed by atoms with Crippen molar-refractivity contribution in [3.63, 3.8) is 0 Å². The van der Waals surface area contributed by atoms with Crippen molar-refractivity contribution in [3.8, 4) is 0 Å². The summed E-state index contributed by atoms with van der Waals surface area (Å²) in [6.45, 7) is 4.76. The number of nitrogens with one attached hydrogen (secondary N) is 1. The molecule has 0 heterocycles. The Kier molecular flexibility index (Phi) is 66.2. The Bertz CT molecular complexity index is 1590. The van der Waals surface area contributed by atoms with Crippen LogP contribution in [-0.4, -0.2) is 73.4 Å². The number of hydrogen-bond donors (Lipinski definition) is 3. The minimum absolute atomic E-state index is 0.0628. The van der Waals surface area contributed by atoms with Gasteiger partial charge in [0.25, 0.3) is 0 Å². The molecule has 0 bridgehead atoms. The van der Waals surface area contributed by atoms with E-state index in [9.17, 15) is 19.4 Å². The molecule has 0 aromatic carbocycles. The molecule has 0 rings (SSSR count). The fourth-order valence-electron chi connectivity index (χ4n) is 11.5. The maximum Gasteiger partial charge on any atom is 0.472 e. The van der Waals surface area contributed by atoms with Crippen molar-refractivity contribution in [2.45, 2.75) is 386 Å². The van der Waals surface area contributed by atoms with Crippen LogP contribution < -0.4 is 5.32 Å². The van der Waals surface area contributed by atoms with E-state index in [1.165, 1.54) is 295 Å². The summed E-state index contributed by atoms with van der Waals surface area (Å²) in [5.74, 6) is -0.170. The molecule has 0 radical (unpaired) electrons. The summed E-state index contributed by atoms with van der Waals surface area (Å²) >= 11 is 0. The second kappa shape index (κ2) is 67.6. The summed E-state index contributed by atoms with van der Waals surface area (Å²) < 4.78 is 23.9. The van der Waals surface area contributed by atoms with Crippen molar-refractivity contribution in [3.05, 3.63) is 60.8 Å². The number of phosphoric acid groups is 1. The monoisotopic (exact) mass is 1230 g/mol. The van der Waals surface area contributed by atoms with Crippen LogP contribution in [0.25, 0.3) is 0 Å². The quantitative estimate of drug-likeness (QED) is 0.0243. The normalized spacial score (nSPS) is 13.9.